The zero-order chi connectivity index (χ0) is 12.4. The molecular weight excluding hydrogens is 202 g/mol. The second-order valence-electron chi connectivity index (χ2n) is 3.48. The number of carboxylic acid groups (broad SMARTS) is 1. The predicted octanol–water partition coefficient (Wildman–Crippen LogP) is -0.584. The number of hydrogen-bond donors (Lipinski definition) is 4. The number of aliphatic hydroxyl groups is 3. The van der Waals surface area contributed by atoms with Crippen molar-refractivity contribution in [3.8, 4) is 0 Å². The number of aliphatic hydroxyl groups excluding tert-OH is 3. The second kappa shape index (κ2) is 4.71. The summed E-state index contributed by atoms with van der Waals surface area (Å²) in [5.74, 6) is -1.38. The van der Waals surface area contributed by atoms with Gasteiger partial charge in [-0.25, -0.2) is 9.28 Å². The van der Waals surface area contributed by atoms with Crippen molar-refractivity contribution in [3.05, 3.63) is 12.3 Å². The lowest BCUT2D eigenvalue weighted by Crippen LogP contribution is -2.64. The van der Waals surface area contributed by atoms with Crippen molar-refractivity contribution in [3.63, 3.8) is 0 Å². The summed E-state index contributed by atoms with van der Waals surface area (Å²) in [5, 5.41) is 37.5. The van der Waals surface area contributed by atoms with Crippen LogP contribution < -0.4 is 0 Å². The van der Waals surface area contributed by atoms with Gasteiger partial charge in [0.15, 0.2) is 18.7 Å². The molecule has 0 aliphatic carbocycles. The molecule has 0 heterocycles. The molecule has 15 heavy (non-hydrogen) atoms. The third-order valence-corrected chi connectivity index (χ3v) is 2.57. The maximum atomic E-state index is 10.8. The van der Waals surface area contributed by atoms with Crippen LogP contribution in [0.5, 0.6) is 0 Å². The van der Waals surface area contributed by atoms with E-state index in [0.717, 1.165) is 0 Å². The van der Waals surface area contributed by atoms with Crippen LogP contribution in [0.15, 0.2) is 12.3 Å². The van der Waals surface area contributed by atoms with E-state index in [2.05, 4.69) is 6.58 Å². The van der Waals surface area contributed by atoms with Crippen LogP contribution in [-0.4, -0.2) is 49.6 Å². The fourth-order valence-electron chi connectivity index (χ4n) is 1.78. The summed E-state index contributed by atoms with van der Waals surface area (Å²) in [5.41, 5.74) is -0.463. The first-order chi connectivity index (χ1) is 6.68. The topological polar surface area (TPSA) is 98.0 Å². The highest BCUT2D eigenvalue weighted by Gasteiger charge is 2.48. The molecule has 0 aromatic carbocycles. The molecule has 0 spiro atoms. The quantitative estimate of drug-likeness (QED) is 0.282. The number of hydrogen-bond acceptors (Lipinski definition) is 4. The Morgan fingerprint density at radius 2 is 1.33 bits per heavy atom. The maximum absolute atomic E-state index is 10.8. The number of quaternary nitrogens is 1. The number of nitrogens with zero attached hydrogens (tertiary/aromatic N) is 1. The van der Waals surface area contributed by atoms with Crippen molar-refractivity contribution in [2.24, 2.45) is 0 Å². The van der Waals surface area contributed by atoms with Crippen LogP contribution in [0.3, 0.4) is 0 Å². The van der Waals surface area contributed by atoms with Gasteiger partial charge in [0, 0.05) is 20.8 Å². The SMILES string of the molecule is C=C(C(=O)O)[N+](C(C)O)(C(C)O)C(C)O. The summed E-state index contributed by atoms with van der Waals surface area (Å²) >= 11 is 0. The van der Waals surface area contributed by atoms with Gasteiger partial charge in [0.2, 0.25) is 5.70 Å². The monoisotopic (exact) mass is 220 g/mol. The average Bonchev–Trinajstić information content (AvgIpc) is 2.02. The highest BCUT2D eigenvalue weighted by molar-refractivity contribution is 5.83. The third-order valence-electron chi connectivity index (χ3n) is 2.57. The van der Waals surface area contributed by atoms with Crippen molar-refractivity contribution >= 4 is 5.97 Å². The van der Waals surface area contributed by atoms with Crippen LogP contribution in [-0.2, 0) is 4.79 Å². The normalized spacial score (nSPS) is 21.2. The summed E-state index contributed by atoms with van der Waals surface area (Å²) < 4.78 is -0.894. The van der Waals surface area contributed by atoms with Gasteiger partial charge in [-0.3, -0.25) is 0 Å². The van der Waals surface area contributed by atoms with E-state index in [0.29, 0.717) is 0 Å². The molecule has 3 atom stereocenters. The lowest BCUT2D eigenvalue weighted by Gasteiger charge is -2.44. The van der Waals surface area contributed by atoms with Crippen LogP contribution in [0.1, 0.15) is 20.8 Å². The van der Waals surface area contributed by atoms with E-state index in [1.54, 1.807) is 0 Å². The van der Waals surface area contributed by atoms with E-state index in [-0.39, 0.29) is 0 Å². The number of rotatable bonds is 5. The Morgan fingerprint density at radius 1 is 1.07 bits per heavy atom. The van der Waals surface area contributed by atoms with Gasteiger partial charge in [0.1, 0.15) is 0 Å². The van der Waals surface area contributed by atoms with Crippen molar-refractivity contribution in [1.29, 1.82) is 0 Å². The Kier molecular flexibility index (Phi) is 4.42. The third kappa shape index (κ3) is 2.18. The lowest BCUT2D eigenvalue weighted by molar-refractivity contribution is -1.01. The molecule has 6 heteroatoms. The van der Waals surface area contributed by atoms with Crippen molar-refractivity contribution < 1.29 is 29.7 Å². The second-order valence-corrected chi connectivity index (χ2v) is 3.48. The average molecular weight is 220 g/mol. The highest BCUT2D eigenvalue weighted by atomic mass is 16.4. The molecule has 0 bridgehead atoms. The zero-order valence-corrected chi connectivity index (χ0v) is 9.08. The van der Waals surface area contributed by atoms with Gasteiger partial charge < -0.3 is 20.4 Å². The lowest BCUT2D eigenvalue weighted by atomic mass is 10.2. The molecule has 0 saturated heterocycles. The van der Waals surface area contributed by atoms with Crippen LogP contribution in [0.25, 0.3) is 0 Å². The molecule has 0 aromatic heterocycles. The van der Waals surface area contributed by atoms with Crippen molar-refractivity contribution in [1.82, 2.24) is 0 Å². The smallest absolute Gasteiger partial charge is 0.390 e. The Bertz CT molecular complexity index is 237. The standard InChI is InChI=1S/C9H17NO5/c1-5(9(14)15)10(6(2)11,7(3)12)8(4)13/h6-8,11-13H,1H2,2-4H3/p+1. The van der Waals surface area contributed by atoms with Crippen LogP contribution >= 0.6 is 0 Å². The Labute approximate surface area is 88.3 Å². The van der Waals surface area contributed by atoms with E-state index in [1.807, 2.05) is 0 Å². The molecule has 0 aromatic rings. The predicted molar refractivity (Wildman–Crippen MR) is 52.1 cm³/mol. The molecule has 0 amide bonds. The summed E-state index contributed by atoms with van der Waals surface area (Å²) in [6, 6.07) is 0. The molecule has 0 aliphatic rings. The minimum atomic E-state index is -1.38. The van der Waals surface area contributed by atoms with E-state index in [4.69, 9.17) is 5.11 Å². The van der Waals surface area contributed by atoms with Crippen LogP contribution in [0, 0.1) is 0 Å². The van der Waals surface area contributed by atoms with Gasteiger partial charge >= 0.3 is 5.97 Å². The first kappa shape index (κ1) is 14.1. The van der Waals surface area contributed by atoms with Crippen LogP contribution in [0.4, 0.5) is 0 Å². The van der Waals surface area contributed by atoms with Gasteiger partial charge in [-0.1, -0.05) is 0 Å². The number of carboxylic acids is 1. The molecule has 0 radical (unpaired) electrons. The minimum absolute atomic E-state index is 0.463. The van der Waals surface area contributed by atoms with Gasteiger partial charge in [-0.05, 0) is 6.58 Å². The molecule has 0 fully saturated rings. The fraction of sp³-hybridized carbons (Fsp3) is 0.667. The molecule has 6 nitrogen and oxygen atoms in total. The van der Waals surface area contributed by atoms with Gasteiger partial charge in [0.25, 0.3) is 0 Å². The molecule has 0 rings (SSSR count). The Hall–Kier alpha value is -0.950. The van der Waals surface area contributed by atoms with Gasteiger partial charge in [-0.2, -0.15) is 0 Å². The summed E-state index contributed by atoms with van der Waals surface area (Å²) in [6.45, 7) is 7.14. The van der Waals surface area contributed by atoms with Crippen molar-refractivity contribution in [2.45, 2.75) is 39.5 Å². The minimum Gasteiger partial charge on any atom is -0.474 e. The Morgan fingerprint density at radius 3 is 1.40 bits per heavy atom. The number of aliphatic carboxylic acids is 1. The van der Waals surface area contributed by atoms with Gasteiger partial charge in [-0.15, -0.1) is 0 Å². The first-order valence-corrected chi connectivity index (χ1v) is 4.54. The molecule has 0 saturated carbocycles. The first-order valence-electron chi connectivity index (χ1n) is 4.54. The van der Waals surface area contributed by atoms with E-state index < -0.39 is 34.8 Å². The van der Waals surface area contributed by atoms with Gasteiger partial charge in [0.05, 0.1) is 0 Å². The summed E-state index contributed by atoms with van der Waals surface area (Å²) in [6.07, 6.45) is -3.85. The van der Waals surface area contributed by atoms with E-state index in [1.165, 1.54) is 20.8 Å². The van der Waals surface area contributed by atoms with E-state index >= 15 is 0 Å². The molecule has 88 valence electrons. The maximum Gasteiger partial charge on any atom is 0.390 e. The molecule has 3 unspecified atom stereocenters. The largest absolute Gasteiger partial charge is 0.474 e. The van der Waals surface area contributed by atoms with Crippen LogP contribution in [0.2, 0.25) is 0 Å². The summed E-state index contributed by atoms with van der Waals surface area (Å²) in [7, 11) is 0. The van der Waals surface area contributed by atoms with Crippen molar-refractivity contribution in [2.75, 3.05) is 0 Å². The fourth-order valence-corrected chi connectivity index (χ4v) is 1.78. The molecular formula is C9H18NO5+. The molecule has 0 aliphatic heterocycles. The zero-order valence-electron chi connectivity index (χ0n) is 9.08. The number of carbonyl (C=O) groups is 1. The Balaban J connectivity index is 5.53. The van der Waals surface area contributed by atoms with E-state index in [9.17, 15) is 20.1 Å². The molecule has 4 N–H and O–H groups in total. The summed E-state index contributed by atoms with van der Waals surface area (Å²) in [4.78, 5) is 10.8. The highest BCUT2D eigenvalue weighted by Crippen LogP contribution is 2.27.